The van der Waals surface area contributed by atoms with Gasteiger partial charge in [0.15, 0.2) is 6.10 Å². The fourth-order valence-corrected chi connectivity index (χ4v) is 8.38. The number of rotatable bonds is 38. The molecule has 1 fully saturated rings. The number of aliphatic hydroxyl groups is 4. The van der Waals surface area contributed by atoms with Gasteiger partial charge in [0.1, 0.15) is 43.2 Å². The van der Waals surface area contributed by atoms with Gasteiger partial charge in [-0.15, -0.1) is 0 Å². The third kappa shape index (κ3) is 30.7. The van der Waals surface area contributed by atoms with E-state index in [0.717, 1.165) is 77.0 Å². The third-order valence-electron chi connectivity index (χ3n) is 10.4. The number of carbonyl (C=O) groups excluding carboxylic acids is 2. The smallest absolute Gasteiger partial charge is 0.462 e. The molecule has 1 saturated carbocycles. The molecule has 18 heteroatoms. The zero-order valence-corrected chi connectivity index (χ0v) is 39.5. The van der Waals surface area contributed by atoms with Crippen LogP contribution in [0.25, 0.3) is 0 Å². The lowest BCUT2D eigenvalue weighted by molar-refractivity contribution is -0.216. The van der Waals surface area contributed by atoms with E-state index < -0.39 is 83.5 Å². The van der Waals surface area contributed by atoms with Gasteiger partial charge in [-0.25, -0.2) is 9.13 Å². The van der Waals surface area contributed by atoms with E-state index in [1.165, 1.54) is 51.4 Å². The lowest BCUT2D eigenvalue weighted by Gasteiger charge is -2.43. The summed E-state index contributed by atoms with van der Waals surface area (Å²) in [7, 11) is -10.7. The van der Waals surface area contributed by atoms with Crippen molar-refractivity contribution in [3.8, 4) is 0 Å². The first-order chi connectivity index (χ1) is 30.1. The van der Waals surface area contributed by atoms with Crippen molar-refractivity contribution in [2.45, 2.75) is 211 Å². The Morgan fingerprint density at radius 1 is 0.524 bits per heavy atom. The third-order valence-corrected chi connectivity index (χ3v) is 11.9. The van der Waals surface area contributed by atoms with Crippen molar-refractivity contribution >= 4 is 27.6 Å². The van der Waals surface area contributed by atoms with E-state index in [-0.39, 0.29) is 12.8 Å². The molecule has 0 saturated heterocycles. The summed E-state index contributed by atoms with van der Waals surface area (Å²) in [4.78, 5) is 54.2. The maximum Gasteiger partial charge on any atom is 0.472 e. The fourth-order valence-electron chi connectivity index (χ4n) is 6.84. The lowest BCUT2D eigenvalue weighted by atomic mass is 9.85. The Labute approximate surface area is 376 Å². The number of phosphoric ester groups is 2. The molecule has 16 nitrogen and oxygen atoms in total. The van der Waals surface area contributed by atoms with Gasteiger partial charge in [-0.1, -0.05) is 152 Å². The van der Waals surface area contributed by atoms with Crippen LogP contribution in [0.5, 0.6) is 0 Å². The number of allylic oxidation sites excluding steroid dienone is 8. The fraction of sp³-hybridized carbons (Fsp3) is 0.778. The predicted molar refractivity (Wildman–Crippen MR) is 241 cm³/mol. The number of phosphoric acid groups is 2. The quantitative estimate of drug-likeness (QED) is 0.0132. The summed E-state index contributed by atoms with van der Waals surface area (Å²) in [6.45, 7) is 2.97. The second-order valence-electron chi connectivity index (χ2n) is 16.1. The number of carbonyl (C=O) groups is 2. The number of ether oxygens (including phenoxy) is 2. The van der Waals surface area contributed by atoms with E-state index in [0.29, 0.717) is 12.8 Å². The molecular formula is C45H80O16P2. The van der Waals surface area contributed by atoms with E-state index in [4.69, 9.17) is 28.3 Å². The molecule has 0 aromatic rings. The van der Waals surface area contributed by atoms with Crippen LogP contribution < -0.4 is 0 Å². The number of esters is 2. The first kappa shape index (κ1) is 59.0. The minimum absolute atomic E-state index is 0.0162. The van der Waals surface area contributed by atoms with E-state index in [1.807, 2.05) is 0 Å². The summed E-state index contributed by atoms with van der Waals surface area (Å²) >= 11 is 0. The van der Waals surface area contributed by atoms with Gasteiger partial charge in [0, 0.05) is 12.8 Å². The van der Waals surface area contributed by atoms with Crippen molar-refractivity contribution in [1.29, 1.82) is 0 Å². The van der Waals surface area contributed by atoms with E-state index in [9.17, 15) is 44.0 Å². The molecule has 1 rings (SSSR count). The summed E-state index contributed by atoms with van der Waals surface area (Å²) in [5.41, 5.74) is 0. The normalized spacial score (nSPS) is 22.4. The molecule has 7 N–H and O–H groups in total. The minimum atomic E-state index is -5.37. The molecule has 0 aromatic heterocycles. The Morgan fingerprint density at radius 2 is 0.968 bits per heavy atom. The SMILES string of the molecule is CCC=CCC=CCC=CCC=CCCCCCCC(=O)O[C@H](COC(=O)CCCCCCCCCCCCCCC)COP(=O)(O)O[C@H]1C(O)C(O)C(O)[C@@H](OP(=O)(O)O)C1O. The minimum Gasteiger partial charge on any atom is -0.462 e. The first-order valence-electron chi connectivity index (χ1n) is 23.2. The molecule has 0 amide bonds. The van der Waals surface area contributed by atoms with Crippen LogP contribution in [0.1, 0.15) is 168 Å². The summed E-state index contributed by atoms with van der Waals surface area (Å²) in [5, 5.41) is 41.2. The topological polar surface area (TPSA) is 256 Å². The molecular weight excluding hydrogens is 858 g/mol. The Morgan fingerprint density at radius 3 is 1.48 bits per heavy atom. The largest absolute Gasteiger partial charge is 0.472 e. The Kier molecular flexibility index (Phi) is 33.8. The molecule has 5 unspecified atom stereocenters. The van der Waals surface area contributed by atoms with Gasteiger partial charge in [0.2, 0.25) is 0 Å². The van der Waals surface area contributed by atoms with E-state index >= 15 is 0 Å². The molecule has 0 aliphatic heterocycles. The summed E-state index contributed by atoms with van der Waals surface area (Å²) < 4.78 is 49.3. The predicted octanol–water partition coefficient (Wildman–Crippen LogP) is 8.51. The second-order valence-corrected chi connectivity index (χ2v) is 18.7. The maximum atomic E-state index is 13.0. The molecule has 0 aromatic carbocycles. The van der Waals surface area contributed by atoms with Crippen molar-refractivity contribution in [1.82, 2.24) is 0 Å². The van der Waals surface area contributed by atoms with Crippen LogP contribution in [-0.2, 0) is 41.8 Å². The van der Waals surface area contributed by atoms with Gasteiger partial charge in [0.05, 0.1) is 6.61 Å². The van der Waals surface area contributed by atoms with Crippen molar-refractivity contribution in [2.24, 2.45) is 0 Å². The van der Waals surface area contributed by atoms with Crippen LogP contribution in [0.2, 0.25) is 0 Å². The van der Waals surface area contributed by atoms with Gasteiger partial charge in [-0.3, -0.25) is 23.2 Å². The van der Waals surface area contributed by atoms with Gasteiger partial charge < -0.3 is 44.6 Å². The van der Waals surface area contributed by atoms with Gasteiger partial charge in [-0.05, 0) is 51.4 Å². The zero-order valence-electron chi connectivity index (χ0n) is 37.7. The molecule has 1 aliphatic carbocycles. The molecule has 1 aliphatic rings. The Hall–Kier alpha value is -2.04. The summed E-state index contributed by atoms with van der Waals surface area (Å²) in [6.07, 6.45) is 25.0. The average Bonchev–Trinajstić information content (AvgIpc) is 3.23. The van der Waals surface area contributed by atoms with E-state index in [1.54, 1.807) is 0 Å². The highest BCUT2D eigenvalue weighted by Crippen LogP contribution is 2.49. The maximum absolute atomic E-state index is 13.0. The van der Waals surface area contributed by atoms with Crippen LogP contribution in [0, 0.1) is 0 Å². The molecule has 0 heterocycles. The molecule has 0 spiro atoms. The van der Waals surface area contributed by atoms with Crippen LogP contribution >= 0.6 is 15.6 Å². The van der Waals surface area contributed by atoms with Gasteiger partial charge in [-0.2, -0.15) is 0 Å². The van der Waals surface area contributed by atoms with Crippen LogP contribution in [0.3, 0.4) is 0 Å². The van der Waals surface area contributed by atoms with Crippen LogP contribution in [0.4, 0.5) is 0 Å². The number of aliphatic hydroxyl groups excluding tert-OH is 4. The highest BCUT2D eigenvalue weighted by Gasteiger charge is 2.54. The summed E-state index contributed by atoms with van der Waals surface area (Å²) in [5.74, 6) is -1.23. The molecule has 0 radical (unpaired) electrons. The van der Waals surface area contributed by atoms with Crippen molar-refractivity contribution in [2.75, 3.05) is 13.2 Å². The number of unbranched alkanes of at least 4 members (excludes halogenated alkanes) is 16. The van der Waals surface area contributed by atoms with Gasteiger partial charge >= 0.3 is 27.6 Å². The van der Waals surface area contributed by atoms with Crippen molar-refractivity contribution in [3.05, 3.63) is 48.6 Å². The molecule has 8 atom stereocenters. The van der Waals surface area contributed by atoms with Crippen molar-refractivity contribution < 1.29 is 76.9 Å². The standard InChI is InChI=1S/C45H80O16P2/c1-3-5-7-9-11-13-15-17-18-19-20-22-24-26-28-30-32-34-39(47)59-37(35-57-38(46)33-31-29-27-25-23-21-16-14-12-10-8-6-4-2)36-58-63(55,56)61-45-42(50)40(48)41(49)44(43(45)51)60-62(52,53)54/h5,7,11,13,17-18,20,22,37,40-45,48-51H,3-4,6,8-10,12,14-16,19,21,23-36H2,1-2H3,(H,55,56)(H2,52,53,54)/t37-,40?,41?,42?,43?,44-,45+/m1/s1. The van der Waals surface area contributed by atoms with Crippen LogP contribution in [0.15, 0.2) is 48.6 Å². The van der Waals surface area contributed by atoms with Crippen LogP contribution in [-0.4, -0.2) is 103 Å². The molecule has 0 bridgehead atoms. The highest BCUT2D eigenvalue weighted by atomic mass is 31.2. The average molecular weight is 939 g/mol. The Balaban J connectivity index is 2.62. The zero-order chi connectivity index (χ0) is 46.8. The number of hydrogen-bond acceptors (Lipinski definition) is 13. The molecule has 366 valence electrons. The number of hydrogen-bond donors (Lipinski definition) is 7. The second kappa shape index (κ2) is 36.1. The first-order valence-corrected chi connectivity index (χ1v) is 26.2. The summed E-state index contributed by atoms with van der Waals surface area (Å²) in [6, 6.07) is 0. The lowest BCUT2D eigenvalue weighted by Crippen LogP contribution is -2.64. The van der Waals surface area contributed by atoms with Gasteiger partial charge in [0.25, 0.3) is 0 Å². The monoisotopic (exact) mass is 938 g/mol. The molecule has 63 heavy (non-hydrogen) atoms. The van der Waals surface area contributed by atoms with E-state index in [2.05, 4.69) is 67.0 Å². The highest BCUT2D eigenvalue weighted by molar-refractivity contribution is 7.47. The Bertz CT molecular complexity index is 1420. The van der Waals surface area contributed by atoms with Crippen molar-refractivity contribution in [3.63, 3.8) is 0 Å².